The highest BCUT2D eigenvalue weighted by Crippen LogP contribution is 2.24. The second-order valence-electron chi connectivity index (χ2n) is 6.77. The van der Waals surface area contributed by atoms with Crippen LogP contribution in [-0.4, -0.2) is 47.0 Å². The lowest BCUT2D eigenvalue weighted by Crippen LogP contribution is -2.47. The average Bonchev–Trinajstić information content (AvgIpc) is 2.84. The minimum atomic E-state index is -3.51. The summed E-state index contributed by atoms with van der Waals surface area (Å²) >= 11 is 0. The Hall–Kier alpha value is -1.41. The van der Waals surface area contributed by atoms with Crippen LogP contribution in [0, 0.1) is 5.92 Å². The first kappa shape index (κ1) is 17.0. The number of aromatic nitrogens is 2. The minimum Gasteiger partial charge on any atom is -0.351 e. The Bertz CT molecular complexity index is 637. The van der Waals surface area contributed by atoms with Gasteiger partial charge in [0.2, 0.25) is 15.9 Å². The summed E-state index contributed by atoms with van der Waals surface area (Å²) in [6.07, 6.45) is 3.93. The number of carbonyl (C=O) groups is 1. The SMILES string of the molecule is Cn1cc(S(=O)(=O)N2CCC(C(=O)NC(C)(C)C)CC2)cn1. The van der Waals surface area contributed by atoms with Gasteiger partial charge in [0, 0.05) is 37.8 Å². The van der Waals surface area contributed by atoms with Crippen LogP contribution in [0.2, 0.25) is 0 Å². The molecule has 7 nitrogen and oxygen atoms in total. The Balaban J connectivity index is 1.99. The van der Waals surface area contributed by atoms with E-state index < -0.39 is 10.0 Å². The van der Waals surface area contributed by atoms with E-state index in [1.807, 2.05) is 20.8 Å². The minimum absolute atomic E-state index is 0.00549. The third kappa shape index (κ3) is 3.86. The first-order chi connectivity index (χ1) is 10.1. The zero-order chi connectivity index (χ0) is 16.5. The quantitative estimate of drug-likeness (QED) is 0.887. The monoisotopic (exact) mass is 328 g/mol. The molecule has 8 heteroatoms. The number of sulfonamides is 1. The molecule has 1 saturated heterocycles. The van der Waals surface area contributed by atoms with Gasteiger partial charge in [-0.1, -0.05) is 0 Å². The lowest BCUT2D eigenvalue weighted by atomic mass is 9.96. The Kier molecular flexibility index (Phi) is 4.62. The molecule has 1 aliphatic rings. The van der Waals surface area contributed by atoms with Crippen LogP contribution in [0.15, 0.2) is 17.3 Å². The van der Waals surface area contributed by atoms with Crippen LogP contribution in [0.4, 0.5) is 0 Å². The van der Waals surface area contributed by atoms with Gasteiger partial charge in [0.25, 0.3) is 0 Å². The van der Waals surface area contributed by atoms with Crippen LogP contribution in [0.5, 0.6) is 0 Å². The van der Waals surface area contributed by atoms with E-state index in [0.717, 1.165) is 0 Å². The Morgan fingerprint density at radius 3 is 2.36 bits per heavy atom. The van der Waals surface area contributed by atoms with Crippen molar-refractivity contribution in [2.45, 2.75) is 44.0 Å². The summed E-state index contributed by atoms with van der Waals surface area (Å²) < 4.78 is 27.9. The van der Waals surface area contributed by atoms with E-state index in [2.05, 4.69) is 10.4 Å². The number of piperidine rings is 1. The third-order valence-electron chi connectivity index (χ3n) is 3.64. The lowest BCUT2D eigenvalue weighted by Gasteiger charge is -2.32. The molecule has 1 aromatic rings. The van der Waals surface area contributed by atoms with Crippen molar-refractivity contribution >= 4 is 15.9 Å². The molecule has 0 atom stereocenters. The van der Waals surface area contributed by atoms with Crippen LogP contribution in [-0.2, 0) is 21.9 Å². The van der Waals surface area contributed by atoms with Crippen molar-refractivity contribution in [1.29, 1.82) is 0 Å². The topological polar surface area (TPSA) is 84.3 Å². The molecular weight excluding hydrogens is 304 g/mol. The predicted octanol–water partition coefficient (Wildman–Crippen LogP) is 0.735. The van der Waals surface area contributed by atoms with Gasteiger partial charge in [-0.05, 0) is 33.6 Å². The van der Waals surface area contributed by atoms with Crippen LogP contribution in [0.1, 0.15) is 33.6 Å². The maximum atomic E-state index is 12.5. The van der Waals surface area contributed by atoms with Gasteiger partial charge in [-0.15, -0.1) is 0 Å². The molecule has 0 spiro atoms. The predicted molar refractivity (Wildman–Crippen MR) is 82.6 cm³/mol. The molecule has 1 aromatic heterocycles. The fourth-order valence-electron chi connectivity index (χ4n) is 2.51. The van der Waals surface area contributed by atoms with Gasteiger partial charge in [-0.2, -0.15) is 9.40 Å². The summed E-state index contributed by atoms with van der Waals surface area (Å²) in [5.41, 5.74) is -0.268. The highest BCUT2D eigenvalue weighted by Gasteiger charge is 2.33. The fraction of sp³-hybridized carbons (Fsp3) is 0.714. The molecule has 124 valence electrons. The summed E-state index contributed by atoms with van der Waals surface area (Å²) in [4.78, 5) is 12.4. The maximum absolute atomic E-state index is 12.5. The van der Waals surface area contributed by atoms with Crippen LogP contribution >= 0.6 is 0 Å². The zero-order valence-corrected chi connectivity index (χ0v) is 14.4. The molecular formula is C14H24N4O3S. The molecule has 1 aliphatic heterocycles. The first-order valence-electron chi connectivity index (χ1n) is 7.40. The molecule has 0 unspecified atom stereocenters. The molecule has 1 N–H and O–H groups in total. The Labute approximate surface area is 131 Å². The van der Waals surface area contributed by atoms with E-state index in [1.54, 1.807) is 7.05 Å². The van der Waals surface area contributed by atoms with Gasteiger partial charge in [-0.25, -0.2) is 8.42 Å². The average molecular weight is 328 g/mol. The Morgan fingerprint density at radius 1 is 1.32 bits per heavy atom. The van der Waals surface area contributed by atoms with E-state index in [0.29, 0.717) is 25.9 Å². The molecule has 2 rings (SSSR count). The Morgan fingerprint density at radius 2 is 1.91 bits per heavy atom. The molecule has 0 radical (unpaired) electrons. The van der Waals surface area contributed by atoms with Gasteiger partial charge in [0.15, 0.2) is 0 Å². The van der Waals surface area contributed by atoms with E-state index in [4.69, 9.17) is 0 Å². The molecule has 2 heterocycles. The van der Waals surface area contributed by atoms with Crippen molar-refractivity contribution in [3.63, 3.8) is 0 Å². The highest BCUT2D eigenvalue weighted by molar-refractivity contribution is 7.89. The number of aryl methyl sites for hydroxylation is 1. The van der Waals surface area contributed by atoms with E-state index >= 15 is 0 Å². The van der Waals surface area contributed by atoms with Gasteiger partial charge >= 0.3 is 0 Å². The second kappa shape index (κ2) is 6.00. The zero-order valence-electron chi connectivity index (χ0n) is 13.5. The van der Waals surface area contributed by atoms with Crippen molar-refractivity contribution in [3.8, 4) is 0 Å². The fourth-order valence-corrected chi connectivity index (χ4v) is 3.97. The number of nitrogens with one attached hydrogen (secondary N) is 1. The summed E-state index contributed by atoms with van der Waals surface area (Å²) in [5.74, 6) is -0.120. The van der Waals surface area contributed by atoms with Gasteiger partial charge in [0.1, 0.15) is 4.90 Å². The van der Waals surface area contributed by atoms with Gasteiger partial charge in [-0.3, -0.25) is 9.48 Å². The molecule has 1 amide bonds. The normalized spacial score (nSPS) is 18.4. The first-order valence-corrected chi connectivity index (χ1v) is 8.84. The van der Waals surface area contributed by atoms with Gasteiger partial charge < -0.3 is 5.32 Å². The number of nitrogens with zero attached hydrogens (tertiary/aromatic N) is 3. The molecule has 22 heavy (non-hydrogen) atoms. The highest BCUT2D eigenvalue weighted by atomic mass is 32.2. The van der Waals surface area contributed by atoms with Crippen molar-refractivity contribution in [2.24, 2.45) is 13.0 Å². The van der Waals surface area contributed by atoms with Gasteiger partial charge in [0.05, 0.1) is 6.20 Å². The summed E-state index contributed by atoms with van der Waals surface area (Å²) in [5, 5.41) is 6.87. The van der Waals surface area contributed by atoms with Crippen LogP contribution < -0.4 is 5.32 Å². The molecule has 0 aliphatic carbocycles. The largest absolute Gasteiger partial charge is 0.351 e. The molecule has 0 bridgehead atoms. The van der Waals surface area contributed by atoms with E-state index in [9.17, 15) is 13.2 Å². The van der Waals surface area contributed by atoms with E-state index in [-0.39, 0.29) is 22.3 Å². The maximum Gasteiger partial charge on any atom is 0.246 e. The molecule has 0 saturated carbocycles. The number of carbonyl (C=O) groups excluding carboxylic acids is 1. The van der Waals surface area contributed by atoms with Crippen molar-refractivity contribution in [2.75, 3.05) is 13.1 Å². The number of amides is 1. The van der Waals surface area contributed by atoms with E-state index in [1.165, 1.54) is 21.4 Å². The lowest BCUT2D eigenvalue weighted by molar-refractivity contribution is -0.127. The summed E-state index contributed by atoms with van der Waals surface area (Å²) in [7, 11) is -1.82. The molecule has 0 aromatic carbocycles. The van der Waals surface area contributed by atoms with Crippen LogP contribution in [0.25, 0.3) is 0 Å². The summed E-state index contributed by atoms with van der Waals surface area (Å²) in [6.45, 7) is 6.53. The second-order valence-corrected chi connectivity index (χ2v) is 8.71. The third-order valence-corrected chi connectivity index (χ3v) is 5.49. The molecule has 1 fully saturated rings. The van der Waals surface area contributed by atoms with Crippen molar-refractivity contribution < 1.29 is 13.2 Å². The number of hydrogen-bond donors (Lipinski definition) is 1. The smallest absolute Gasteiger partial charge is 0.246 e. The van der Waals surface area contributed by atoms with Crippen molar-refractivity contribution in [3.05, 3.63) is 12.4 Å². The standard InChI is InChI=1S/C14H24N4O3S/c1-14(2,3)16-13(19)11-5-7-18(8-6-11)22(20,21)12-9-15-17(4)10-12/h9-11H,5-8H2,1-4H3,(H,16,19). The number of rotatable bonds is 3. The summed E-state index contributed by atoms with van der Waals surface area (Å²) in [6, 6.07) is 0. The van der Waals surface area contributed by atoms with Crippen molar-refractivity contribution in [1.82, 2.24) is 19.4 Å². The number of hydrogen-bond acceptors (Lipinski definition) is 4. The van der Waals surface area contributed by atoms with Crippen LogP contribution in [0.3, 0.4) is 0 Å².